The molecule has 0 fully saturated rings. The average molecular weight is 170 g/mol. The van der Waals surface area contributed by atoms with Gasteiger partial charge in [0.2, 0.25) is 0 Å². The number of halogens is 2. The van der Waals surface area contributed by atoms with Crippen LogP contribution in [-0.4, -0.2) is 0 Å². The first-order valence-electron chi connectivity index (χ1n) is 4.10. The maximum absolute atomic E-state index is 13.0. The molecule has 0 bridgehead atoms. The van der Waals surface area contributed by atoms with E-state index in [0.29, 0.717) is 5.56 Å². The van der Waals surface area contributed by atoms with Gasteiger partial charge >= 0.3 is 0 Å². The molecule has 0 amide bonds. The maximum atomic E-state index is 13.0. The van der Waals surface area contributed by atoms with Crippen LogP contribution in [0.1, 0.15) is 31.7 Å². The number of benzene rings is 1. The second-order valence-electron chi connectivity index (χ2n) is 2.98. The first kappa shape index (κ1) is 9.17. The lowest BCUT2D eigenvalue weighted by molar-refractivity contribution is 0.556. The summed E-state index contributed by atoms with van der Waals surface area (Å²) in [5, 5.41) is 0. The van der Waals surface area contributed by atoms with Crippen molar-refractivity contribution in [2.75, 3.05) is 0 Å². The van der Waals surface area contributed by atoms with Crippen molar-refractivity contribution in [3.8, 4) is 0 Å². The van der Waals surface area contributed by atoms with Crippen molar-refractivity contribution >= 4 is 0 Å². The molecule has 0 unspecified atom stereocenters. The molecule has 2 heteroatoms. The molecule has 1 aromatic carbocycles. The number of rotatable bonds is 2. The van der Waals surface area contributed by atoms with Crippen LogP contribution in [0.2, 0.25) is 0 Å². The summed E-state index contributed by atoms with van der Waals surface area (Å²) in [6, 6.07) is 3.74. The van der Waals surface area contributed by atoms with E-state index in [9.17, 15) is 8.78 Å². The van der Waals surface area contributed by atoms with E-state index in [0.717, 1.165) is 12.5 Å². The van der Waals surface area contributed by atoms with Crippen LogP contribution in [0, 0.1) is 11.6 Å². The summed E-state index contributed by atoms with van der Waals surface area (Å²) in [6.45, 7) is 3.91. The zero-order valence-corrected chi connectivity index (χ0v) is 7.27. The third kappa shape index (κ3) is 1.81. The molecule has 0 aliphatic heterocycles. The molecule has 0 aliphatic rings. The Kier molecular flexibility index (Phi) is 2.79. The highest BCUT2D eigenvalue weighted by molar-refractivity contribution is 5.21. The highest BCUT2D eigenvalue weighted by atomic mass is 19.1. The smallest absolute Gasteiger partial charge is 0.129 e. The Labute approximate surface area is 71.2 Å². The molecule has 0 saturated heterocycles. The van der Waals surface area contributed by atoms with Crippen molar-refractivity contribution in [3.63, 3.8) is 0 Å². The topological polar surface area (TPSA) is 0 Å². The maximum Gasteiger partial charge on any atom is 0.129 e. The largest absolute Gasteiger partial charge is 0.207 e. The van der Waals surface area contributed by atoms with Crippen LogP contribution in [-0.2, 0) is 0 Å². The second-order valence-corrected chi connectivity index (χ2v) is 2.98. The summed E-state index contributed by atoms with van der Waals surface area (Å²) in [5.41, 5.74) is 0.596. The molecule has 0 aliphatic carbocycles. The predicted octanol–water partition coefficient (Wildman–Crippen LogP) is 3.48. The van der Waals surface area contributed by atoms with Crippen molar-refractivity contribution in [2.24, 2.45) is 0 Å². The van der Waals surface area contributed by atoms with Gasteiger partial charge in [0.15, 0.2) is 0 Å². The molecule has 0 radical (unpaired) electrons. The fraction of sp³-hybridized carbons (Fsp3) is 0.400. The van der Waals surface area contributed by atoms with Crippen molar-refractivity contribution in [2.45, 2.75) is 26.2 Å². The number of hydrogen-bond donors (Lipinski definition) is 0. The molecule has 0 spiro atoms. The van der Waals surface area contributed by atoms with Gasteiger partial charge in [-0.25, -0.2) is 8.78 Å². The Morgan fingerprint density at radius 1 is 1.33 bits per heavy atom. The van der Waals surface area contributed by atoms with Gasteiger partial charge in [0.25, 0.3) is 0 Å². The molecule has 0 N–H and O–H groups in total. The number of hydrogen-bond acceptors (Lipinski definition) is 0. The Balaban J connectivity index is 3.01. The van der Waals surface area contributed by atoms with Gasteiger partial charge in [-0.15, -0.1) is 0 Å². The molecule has 0 nitrogen and oxygen atoms in total. The Bertz CT molecular complexity index is 269. The molecule has 66 valence electrons. The second kappa shape index (κ2) is 3.65. The van der Waals surface area contributed by atoms with Crippen LogP contribution < -0.4 is 0 Å². The van der Waals surface area contributed by atoms with Crippen LogP contribution >= 0.6 is 0 Å². The molecule has 12 heavy (non-hydrogen) atoms. The van der Waals surface area contributed by atoms with Gasteiger partial charge in [-0.3, -0.25) is 0 Å². The van der Waals surface area contributed by atoms with Gasteiger partial charge in [-0.1, -0.05) is 19.9 Å². The van der Waals surface area contributed by atoms with Gasteiger partial charge < -0.3 is 0 Å². The van der Waals surface area contributed by atoms with Crippen molar-refractivity contribution in [1.29, 1.82) is 0 Å². The summed E-state index contributed by atoms with van der Waals surface area (Å²) in [4.78, 5) is 0. The molecule has 1 aromatic rings. The Hall–Kier alpha value is -0.920. The van der Waals surface area contributed by atoms with Gasteiger partial charge in [0.05, 0.1) is 0 Å². The molecule has 1 rings (SSSR count). The quantitative estimate of drug-likeness (QED) is 0.637. The summed E-state index contributed by atoms with van der Waals surface area (Å²) >= 11 is 0. The lowest BCUT2D eigenvalue weighted by Crippen LogP contribution is -1.96. The minimum atomic E-state index is -0.514. The highest BCUT2D eigenvalue weighted by Crippen LogP contribution is 2.21. The monoisotopic (exact) mass is 170 g/mol. The lowest BCUT2D eigenvalue weighted by Gasteiger charge is -2.09. The van der Waals surface area contributed by atoms with Crippen molar-refractivity contribution < 1.29 is 8.78 Å². The van der Waals surface area contributed by atoms with Crippen LogP contribution in [0.5, 0.6) is 0 Å². The van der Waals surface area contributed by atoms with E-state index in [1.54, 1.807) is 0 Å². The molecule has 1 atom stereocenters. The highest BCUT2D eigenvalue weighted by Gasteiger charge is 2.08. The van der Waals surface area contributed by atoms with Gasteiger partial charge in [-0.2, -0.15) is 0 Å². The van der Waals surface area contributed by atoms with E-state index >= 15 is 0 Å². The standard InChI is InChI=1S/C10H12F2/c1-3-7(2)9-5-4-8(11)6-10(9)12/h4-7H,3H2,1-2H3/t7-/m0/s1. The van der Waals surface area contributed by atoms with Crippen LogP contribution in [0.4, 0.5) is 8.78 Å². The van der Waals surface area contributed by atoms with Crippen LogP contribution in [0.3, 0.4) is 0 Å². The van der Waals surface area contributed by atoms with E-state index in [4.69, 9.17) is 0 Å². The third-order valence-electron chi connectivity index (χ3n) is 2.11. The van der Waals surface area contributed by atoms with E-state index < -0.39 is 11.6 Å². The molecule has 0 saturated carbocycles. The third-order valence-corrected chi connectivity index (χ3v) is 2.11. The first-order chi connectivity index (χ1) is 5.65. The van der Waals surface area contributed by atoms with Gasteiger partial charge in [0, 0.05) is 6.07 Å². The Morgan fingerprint density at radius 2 is 2.00 bits per heavy atom. The SMILES string of the molecule is CC[C@H](C)c1ccc(F)cc1F. The van der Waals surface area contributed by atoms with Gasteiger partial charge in [0.1, 0.15) is 11.6 Å². The zero-order chi connectivity index (χ0) is 9.14. The van der Waals surface area contributed by atoms with Crippen LogP contribution in [0.25, 0.3) is 0 Å². The lowest BCUT2D eigenvalue weighted by atomic mass is 9.98. The Morgan fingerprint density at radius 3 is 2.50 bits per heavy atom. The van der Waals surface area contributed by atoms with Crippen LogP contribution in [0.15, 0.2) is 18.2 Å². The fourth-order valence-electron chi connectivity index (χ4n) is 1.12. The van der Waals surface area contributed by atoms with E-state index in [-0.39, 0.29) is 5.92 Å². The summed E-state index contributed by atoms with van der Waals surface area (Å²) < 4.78 is 25.5. The minimum Gasteiger partial charge on any atom is -0.207 e. The average Bonchev–Trinajstić information content (AvgIpc) is 2.03. The van der Waals surface area contributed by atoms with E-state index in [2.05, 4.69) is 0 Å². The summed E-state index contributed by atoms with van der Waals surface area (Å²) in [7, 11) is 0. The minimum absolute atomic E-state index is 0.158. The van der Waals surface area contributed by atoms with Crippen molar-refractivity contribution in [3.05, 3.63) is 35.4 Å². The molecule has 0 aromatic heterocycles. The predicted molar refractivity (Wildman–Crippen MR) is 45.1 cm³/mol. The van der Waals surface area contributed by atoms with E-state index in [1.807, 2.05) is 13.8 Å². The van der Waals surface area contributed by atoms with Crippen molar-refractivity contribution in [1.82, 2.24) is 0 Å². The first-order valence-corrected chi connectivity index (χ1v) is 4.10. The van der Waals surface area contributed by atoms with E-state index in [1.165, 1.54) is 12.1 Å². The fourth-order valence-corrected chi connectivity index (χ4v) is 1.12. The van der Waals surface area contributed by atoms with Gasteiger partial charge in [-0.05, 0) is 24.0 Å². The zero-order valence-electron chi connectivity index (χ0n) is 7.27. The molecular formula is C10H12F2. The summed E-state index contributed by atoms with van der Waals surface area (Å²) in [5.74, 6) is -0.797. The summed E-state index contributed by atoms with van der Waals surface area (Å²) in [6.07, 6.45) is 0.864. The molecule has 0 heterocycles. The molecular weight excluding hydrogens is 158 g/mol. The normalized spacial score (nSPS) is 13.0.